The zero-order chi connectivity index (χ0) is 13.0. The third-order valence-electron chi connectivity index (χ3n) is 3.50. The molecule has 0 bridgehead atoms. The fraction of sp³-hybridized carbons (Fsp3) is 0.571. The van der Waals surface area contributed by atoms with E-state index in [9.17, 15) is 5.11 Å². The predicted octanol–water partition coefficient (Wildman–Crippen LogP) is 1.55. The maximum atomic E-state index is 10.7. The van der Waals surface area contributed by atoms with Crippen molar-refractivity contribution in [3.63, 3.8) is 0 Å². The first kappa shape index (κ1) is 13.5. The Hall–Kier alpha value is -0.940. The van der Waals surface area contributed by atoms with Crippen LogP contribution in [0.2, 0.25) is 0 Å². The summed E-state index contributed by atoms with van der Waals surface area (Å²) in [6, 6.07) is 9.73. The van der Waals surface area contributed by atoms with Gasteiger partial charge in [0, 0.05) is 20.2 Å². The molecule has 1 aromatic rings. The molecule has 100 valence electrons. The highest BCUT2D eigenvalue weighted by molar-refractivity contribution is 5.21. The lowest BCUT2D eigenvalue weighted by molar-refractivity contribution is -0.107. The molecule has 4 heteroatoms. The van der Waals surface area contributed by atoms with E-state index in [2.05, 4.69) is 0 Å². The molecule has 1 N–H and O–H groups in total. The molecule has 2 rings (SSSR count). The zero-order valence-electron chi connectivity index (χ0n) is 11.0. The Balaban J connectivity index is 2.00. The second-order valence-corrected chi connectivity index (χ2v) is 4.82. The van der Waals surface area contributed by atoms with Gasteiger partial charge in [0.1, 0.15) is 12.5 Å². The Labute approximate surface area is 108 Å². The van der Waals surface area contributed by atoms with Crippen molar-refractivity contribution in [2.75, 3.05) is 27.0 Å². The van der Waals surface area contributed by atoms with Crippen LogP contribution in [0.15, 0.2) is 30.3 Å². The summed E-state index contributed by atoms with van der Waals surface area (Å²) in [4.78, 5) is 2.04. The SMILES string of the molecule is COCO[C@H]1CCN([C@](C)(O)c2ccccc2)C1. The fourth-order valence-corrected chi connectivity index (χ4v) is 2.36. The molecule has 1 fully saturated rings. The van der Waals surface area contributed by atoms with Crippen molar-refractivity contribution in [2.24, 2.45) is 0 Å². The standard InChI is InChI=1S/C14H21NO3/c1-14(16,12-6-4-3-5-7-12)15-9-8-13(10-15)18-11-17-2/h3-7,13,16H,8-11H2,1-2H3/t13-,14+/m0/s1. The second-order valence-electron chi connectivity index (χ2n) is 4.82. The molecule has 0 radical (unpaired) electrons. The summed E-state index contributed by atoms with van der Waals surface area (Å²) in [7, 11) is 1.62. The van der Waals surface area contributed by atoms with Crippen molar-refractivity contribution in [1.29, 1.82) is 0 Å². The molecule has 0 amide bonds. The van der Waals surface area contributed by atoms with Gasteiger partial charge in [0.2, 0.25) is 0 Å². The topological polar surface area (TPSA) is 41.9 Å². The molecule has 1 aromatic carbocycles. The Morgan fingerprint density at radius 2 is 2.11 bits per heavy atom. The largest absolute Gasteiger partial charge is 0.372 e. The van der Waals surface area contributed by atoms with Gasteiger partial charge in [0.05, 0.1) is 6.10 Å². The van der Waals surface area contributed by atoms with Crippen LogP contribution in [-0.4, -0.2) is 43.1 Å². The van der Waals surface area contributed by atoms with Crippen LogP contribution in [0.5, 0.6) is 0 Å². The van der Waals surface area contributed by atoms with Crippen LogP contribution in [0.4, 0.5) is 0 Å². The molecule has 1 aliphatic heterocycles. The van der Waals surface area contributed by atoms with Crippen LogP contribution in [-0.2, 0) is 15.2 Å². The van der Waals surface area contributed by atoms with Gasteiger partial charge in [-0.05, 0) is 18.9 Å². The number of aliphatic hydroxyl groups is 1. The van der Waals surface area contributed by atoms with Crippen LogP contribution < -0.4 is 0 Å². The van der Waals surface area contributed by atoms with Gasteiger partial charge in [-0.25, -0.2) is 0 Å². The summed E-state index contributed by atoms with van der Waals surface area (Å²) < 4.78 is 10.4. The smallest absolute Gasteiger partial charge is 0.146 e. The second kappa shape index (κ2) is 5.80. The van der Waals surface area contributed by atoms with Gasteiger partial charge in [-0.2, -0.15) is 0 Å². The van der Waals surface area contributed by atoms with Gasteiger partial charge in [-0.15, -0.1) is 0 Å². The number of methoxy groups -OCH3 is 1. The van der Waals surface area contributed by atoms with Crippen molar-refractivity contribution in [3.8, 4) is 0 Å². The summed E-state index contributed by atoms with van der Waals surface area (Å²) in [6.45, 7) is 3.70. The number of hydrogen-bond acceptors (Lipinski definition) is 4. The van der Waals surface area contributed by atoms with Gasteiger partial charge >= 0.3 is 0 Å². The minimum atomic E-state index is -0.938. The Bertz CT molecular complexity index is 367. The van der Waals surface area contributed by atoms with E-state index in [1.54, 1.807) is 7.11 Å². The van der Waals surface area contributed by atoms with Crippen molar-refractivity contribution in [3.05, 3.63) is 35.9 Å². The Morgan fingerprint density at radius 3 is 2.78 bits per heavy atom. The molecule has 4 nitrogen and oxygen atoms in total. The number of rotatable bonds is 5. The lowest BCUT2D eigenvalue weighted by atomic mass is 10.0. The highest BCUT2D eigenvalue weighted by Crippen LogP contribution is 2.29. The predicted molar refractivity (Wildman–Crippen MR) is 69.0 cm³/mol. The van der Waals surface area contributed by atoms with E-state index in [0.717, 1.165) is 25.1 Å². The summed E-state index contributed by atoms with van der Waals surface area (Å²) in [5.41, 5.74) is -0.0238. The minimum absolute atomic E-state index is 0.139. The van der Waals surface area contributed by atoms with E-state index in [-0.39, 0.29) is 6.10 Å². The van der Waals surface area contributed by atoms with Crippen LogP contribution in [0.1, 0.15) is 18.9 Å². The lowest BCUT2D eigenvalue weighted by Gasteiger charge is -2.34. The molecule has 2 atom stereocenters. The number of hydrogen-bond donors (Lipinski definition) is 1. The summed E-state index contributed by atoms with van der Waals surface area (Å²) in [6.07, 6.45) is 1.06. The normalized spacial score (nSPS) is 24.1. The molecular formula is C14H21NO3. The van der Waals surface area contributed by atoms with E-state index in [1.807, 2.05) is 42.2 Å². The summed E-state index contributed by atoms with van der Waals surface area (Å²) in [5.74, 6) is 0. The molecule has 1 heterocycles. The van der Waals surface area contributed by atoms with Crippen LogP contribution >= 0.6 is 0 Å². The first-order valence-electron chi connectivity index (χ1n) is 6.28. The first-order chi connectivity index (χ1) is 8.64. The van der Waals surface area contributed by atoms with E-state index in [0.29, 0.717) is 6.79 Å². The molecule has 0 aromatic heterocycles. The third kappa shape index (κ3) is 2.90. The highest BCUT2D eigenvalue weighted by Gasteiger charge is 2.36. The molecule has 0 unspecified atom stereocenters. The number of nitrogens with zero attached hydrogens (tertiary/aromatic N) is 1. The molecule has 1 aliphatic rings. The Kier molecular flexibility index (Phi) is 4.35. The summed E-state index contributed by atoms with van der Waals surface area (Å²) in [5, 5.41) is 10.7. The monoisotopic (exact) mass is 251 g/mol. The maximum Gasteiger partial charge on any atom is 0.146 e. The molecule has 1 saturated heterocycles. The van der Waals surface area contributed by atoms with E-state index < -0.39 is 5.72 Å². The van der Waals surface area contributed by atoms with E-state index >= 15 is 0 Å². The summed E-state index contributed by atoms with van der Waals surface area (Å²) >= 11 is 0. The van der Waals surface area contributed by atoms with Crippen LogP contribution in [0.25, 0.3) is 0 Å². The van der Waals surface area contributed by atoms with Gasteiger partial charge < -0.3 is 14.6 Å². The number of benzene rings is 1. The lowest BCUT2D eigenvalue weighted by Crippen LogP contribution is -2.42. The average molecular weight is 251 g/mol. The molecule has 0 saturated carbocycles. The van der Waals surface area contributed by atoms with Crippen molar-refractivity contribution in [1.82, 2.24) is 4.90 Å². The Morgan fingerprint density at radius 1 is 1.39 bits per heavy atom. The minimum Gasteiger partial charge on any atom is -0.372 e. The van der Waals surface area contributed by atoms with Gasteiger partial charge in [0.15, 0.2) is 0 Å². The highest BCUT2D eigenvalue weighted by atomic mass is 16.7. The van der Waals surface area contributed by atoms with Crippen LogP contribution in [0, 0.1) is 0 Å². The van der Waals surface area contributed by atoms with Crippen molar-refractivity contribution < 1.29 is 14.6 Å². The number of likely N-dealkylation sites (tertiary alicyclic amines) is 1. The van der Waals surface area contributed by atoms with E-state index in [1.165, 1.54) is 0 Å². The number of ether oxygens (including phenoxy) is 2. The van der Waals surface area contributed by atoms with Gasteiger partial charge in [-0.3, -0.25) is 4.90 Å². The van der Waals surface area contributed by atoms with E-state index in [4.69, 9.17) is 9.47 Å². The van der Waals surface area contributed by atoms with Crippen molar-refractivity contribution in [2.45, 2.75) is 25.2 Å². The molecular weight excluding hydrogens is 230 g/mol. The maximum absolute atomic E-state index is 10.7. The molecule has 18 heavy (non-hydrogen) atoms. The first-order valence-corrected chi connectivity index (χ1v) is 6.28. The van der Waals surface area contributed by atoms with Crippen molar-refractivity contribution >= 4 is 0 Å². The average Bonchev–Trinajstić information content (AvgIpc) is 2.87. The zero-order valence-corrected chi connectivity index (χ0v) is 11.0. The quantitative estimate of drug-likeness (QED) is 0.806. The molecule has 0 spiro atoms. The van der Waals surface area contributed by atoms with Crippen LogP contribution in [0.3, 0.4) is 0 Å². The fourth-order valence-electron chi connectivity index (χ4n) is 2.36. The van der Waals surface area contributed by atoms with Gasteiger partial charge in [0.25, 0.3) is 0 Å². The van der Waals surface area contributed by atoms with Gasteiger partial charge in [-0.1, -0.05) is 30.3 Å². The molecule has 0 aliphatic carbocycles. The third-order valence-corrected chi connectivity index (χ3v) is 3.50.